The topological polar surface area (TPSA) is 83.1 Å². The molecule has 0 fully saturated rings. The highest BCUT2D eigenvalue weighted by atomic mass is 16.5. The van der Waals surface area contributed by atoms with E-state index in [1.54, 1.807) is 0 Å². The van der Waals surface area contributed by atoms with E-state index < -0.39 is 12.1 Å². The molecule has 7 nitrogen and oxygen atoms in total. The van der Waals surface area contributed by atoms with Crippen LogP contribution in [0.5, 0.6) is 17.2 Å². The Hall–Kier alpha value is -2.44. The highest BCUT2D eigenvalue weighted by Crippen LogP contribution is 2.38. The Labute approximate surface area is 135 Å². The van der Waals surface area contributed by atoms with Crippen molar-refractivity contribution in [2.24, 2.45) is 0 Å². The largest absolute Gasteiger partial charge is 0.493 e. The lowest BCUT2D eigenvalue weighted by Crippen LogP contribution is -2.39. The average Bonchev–Trinajstić information content (AvgIpc) is 2.52. The number of benzene rings is 1. The first-order valence-corrected chi connectivity index (χ1v) is 7.15. The van der Waals surface area contributed by atoms with E-state index in [-0.39, 0.29) is 17.5 Å². The molecule has 0 saturated carbocycles. The minimum Gasteiger partial charge on any atom is -0.493 e. The number of ether oxygens (including phenoxy) is 4. The Morgan fingerprint density at radius 3 is 1.87 bits per heavy atom. The summed E-state index contributed by atoms with van der Waals surface area (Å²) in [6, 6.07) is 2.90. The molecule has 0 aliphatic heterocycles. The molecule has 1 amide bonds. The quantitative estimate of drug-likeness (QED) is 0.770. The molecule has 0 heterocycles. The van der Waals surface area contributed by atoms with E-state index in [0.717, 1.165) is 0 Å². The van der Waals surface area contributed by atoms with E-state index in [4.69, 9.17) is 18.9 Å². The van der Waals surface area contributed by atoms with Crippen LogP contribution in [-0.4, -0.2) is 45.4 Å². The number of methoxy groups -OCH3 is 3. The second kappa shape index (κ2) is 8.26. The van der Waals surface area contributed by atoms with Crippen LogP contribution in [-0.2, 0) is 9.53 Å². The zero-order chi connectivity index (χ0) is 17.6. The van der Waals surface area contributed by atoms with E-state index in [0.29, 0.717) is 17.2 Å². The van der Waals surface area contributed by atoms with E-state index >= 15 is 0 Å². The zero-order valence-corrected chi connectivity index (χ0v) is 14.3. The molecule has 23 heavy (non-hydrogen) atoms. The molecule has 1 unspecified atom stereocenters. The van der Waals surface area contributed by atoms with Gasteiger partial charge in [-0.15, -0.1) is 0 Å². The van der Waals surface area contributed by atoms with Gasteiger partial charge in [-0.2, -0.15) is 0 Å². The summed E-state index contributed by atoms with van der Waals surface area (Å²) in [7, 11) is 4.37. The molecular formula is C16H23NO6. The van der Waals surface area contributed by atoms with Gasteiger partial charge in [0.15, 0.2) is 17.6 Å². The summed E-state index contributed by atoms with van der Waals surface area (Å²) in [5.74, 6) is 0.0183. The van der Waals surface area contributed by atoms with Crippen LogP contribution in [0.15, 0.2) is 12.1 Å². The van der Waals surface area contributed by atoms with Crippen molar-refractivity contribution in [2.45, 2.75) is 32.9 Å². The Kier molecular flexibility index (Phi) is 6.68. The second-order valence-electron chi connectivity index (χ2n) is 5.12. The SMILES string of the molecule is COc1cc(C(=O)OC(C)C(=O)NC(C)C)cc(OC)c1OC. The number of hydrogen-bond donors (Lipinski definition) is 1. The fraction of sp³-hybridized carbons (Fsp3) is 0.500. The minimum absolute atomic E-state index is 0.0372. The third-order valence-corrected chi connectivity index (χ3v) is 2.98. The van der Waals surface area contributed by atoms with Crippen molar-refractivity contribution in [1.29, 1.82) is 0 Å². The first kappa shape index (κ1) is 18.6. The highest BCUT2D eigenvalue weighted by molar-refractivity contribution is 5.93. The Balaban J connectivity index is 2.98. The van der Waals surface area contributed by atoms with Gasteiger partial charge in [-0.1, -0.05) is 0 Å². The lowest BCUT2D eigenvalue weighted by atomic mass is 10.2. The van der Waals surface area contributed by atoms with Crippen molar-refractivity contribution in [3.8, 4) is 17.2 Å². The Morgan fingerprint density at radius 2 is 1.48 bits per heavy atom. The summed E-state index contributed by atoms with van der Waals surface area (Å²) in [4.78, 5) is 24.0. The van der Waals surface area contributed by atoms with Crippen LogP contribution in [0.4, 0.5) is 0 Å². The number of carbonyl (C=O) groups excluding carboxylic acids is 2. The van der Waals surface area contributed by atoms with Gasteiger partial charge in [0.05, 0.1) is 26.9 Å². The maximum Gasteiger partial charge on any atom is 0.339 e. The van der Waals surface area contributed by atoms with Crippen LogP contribution in [0.25, 0.3) is 0 Å². The van der Waals surface area contributed by atoms with Gasteiger partial charge in [-0.05, 0) is 32.9 Å². The van der Waals surface area contributed by atoms with E-state index in [9.17, 15) is 9.59 Å². The number of nitrogens with one attached hydrogen (secondary N) is 1. The van der Waals surface area contributed by atoms with Gasteiger partial charge in [0.1, 0.15) is 0 Å². The smallest absolute Gasteiger partial charge is 0.339 e. The lowest BCUT2D eigenvalue weighted by molar-refractivity contribution is -0.129. The number of esters is 1. The van der Waals surface area contributed by atoms with Crippen molar-refractivity contribution < 1.29 is 28.5 Å². The van der Waals surface area contributed by atoms with Crippen molar-refractivity contribution in [3.05, 3.63) is 17.7 Å². The molecule has 1 aromatic rings. The molecule has 0 spiro atoms. The van der Waals surface area contributed by atoms with E-state index in [1.165, 1.54) is 40.4 Å². The molecule has 0 bridgehead atoms. The molecule has 0 aromatic heterocycles. The van der Waals surface area contributed by atoms with Gasteiger partial charge in [0.25, 0.3) is 5.91 Å². The number of amides is 1. The summed E-state index contributed by atoms with van der Waals surface area (Å²) in [5.41, 5.74) is 0.198. The predicted octanol–water partition coefficient (Wildman–Crippen LogP) is 1.78. The lowest BCUT2D eigenvalue weighted by Gasteiger charge is -2.17. The maximum absolute atomic E-state index is 12.2. The van der Waals surface area contributed by atoms with Crippen molar-refractivity contribution in [3.63, 3.8) is 0 Å². The van der Waals surface area contributed by atoms with Crippen LogP contribution in [0, 0.1) is 0 Å². The Morgan fingerprint density at radius 1 is 0.957 bits per heavy atom. The normalized spacial score (nSPS) is 11.6. The van der Waals surface area contributed by atoms with Crippen molar-refractivity contribution in [2.75, 3.05) is 21.3 Å². The third kappa shape index (κ3) is 4.77. The minimum atomic E-state index is -0.913. The van der Waals surface area contributed by atoms with Gasteiger partial charge in [-0.3, -0.25) is 4.79 Å². The van der Waals surface area contributed by atoms with Crippen LogP contribution < -0.4 is 19.5 Å². The number of hydrogen-bond acceptors (Lipinski definition) is 6. The van der Waals surface area contributed by atoms with E-state index in [1.807, 2.05) is 13.8 Å². The average molecular weight is 325 g/mol. The Bertz CT molecular complexity index is 545. The summed E-state index contributed by atoms with van der Waals surface area (Å²) in [5, 5.41) is 2.68. The summed E-state index contributed by atoms with van der Waals surface area (Å²) in [6.45, 7) is 5.16. The first-order valence-electron chi connectivity index (χ1n) is 7.15. The van der Waals surface area contributed by atoms with Crippen LogP contribution >= 0.6 is 0 Å². The van der Waals surface area contributed by atoms with Gasteiger partial charge in [0, 0.05) is 6.04 Å². The molecule has 0 radical (unpaired) electrons. The highest BCUT2D eigenvalue weighted by Gasteiger charge is 2.22. The molecule has 1 rings (SSSR count). The molecule has 7 heteroatoms. The summed E-state index contributed by atoms with van der Waals surface area (Å²) >= 11 is 0. The number of rotatable bonds is 7. The van der Waals surface area contributed by atoms with E-state index in [2.05, 4.69) is 5.32 Å². The van der Waals surface area contributed by atoms with Gasteiger partial charge < -0.3 is 24.3 Å². The molecule has 0 aliphatic rings. The third-order valence-electron chi connectivity index (χ3n) is 2.98. The molecule has 1 atom stereocenters. The molecule has 128 valence electrons. The monoisotopic (exact) mass is 325 g/mol. The number of carbonyl (C=O) groups is 2. The van der Waals surface area contributed by atoms with Crippen molar-refractivity contribution >= 4 is 11.9 Å². The van der Waals surface area contributed by atoms with Crippen molar-refractivity contribution in [1.82, 2.24) is 5.32 Å². The van der Waals surface area contributed by atoms with Crippen LogP contribution in [0.1, 0.15) is 31.1 Å². The molecule has 0 aliphatic carbocycles. The fourth-order valence-corrected chi connectivity index (χ4v) is 1.88. The summed E-state index contributed by atoms with van der Waals surface area (Å²) in [6.07, 6.45) is -0.913. The molecule has 1 aromatic carbocycles. The van der Waals surface area contributed by atoms with Crippen LogP contribution in [0.3, 0.4) is 0 Å². The predicted molar refractivity (Wildman–Crippen MR) is 84.3 cm³/mol. The molecule has 1 N–H and O–H groups in total. The summed E-state index contributed by atoms with van der Waals surface area (Å²) < 4.78 is 20.7. The van der Waals surface area contributed by atoms with Crippen LogP contribution in [0.2, 0.25) is 0 Å². The van der Waals surface area contributed by atoms with Gasteiger partial charge in [0.2, 0.25) is 5.75 Å². The fourth-order valence-electron chi connectivity index (χ4n) is 1.88. The zero-order valence-electron chi connectivity index (χ0n) is 14.3. The van der Waals surface area contributed by atoms with Gasteiger partial charge >= 0.3 is 5.97 Å². The standard InChI is InChI=1S/C16H23NO6/c1-9(2)17-15(18)10(3)23-16(19)11-7-12(20-4)14(22-6)13(8-11)21-5/h7-10H,1-6H3,(H,17,18). The molecule has 0 saturated heterocycles. The second-order valence-corrected chi connectivity index (χ2v) is 5.12. The maximum atomic E-state index is 12.2. The van der Waals surface area contributed by atoms with Gasteiger partial charge in [-0.25, -0.2) is 4.79 Å². The molecular weight excluding hydrogens is 302 g/mol. The first-order chi connectivity index (χ1) is 10.8.